The molecule has 0 radical (unpaired) electrons. The summed E-state index contributed by atoms with van der Waals surface area (Å²) in [4.78, 5) is 14.1. The van der Waals surface area contributed by atoms with Gasteiger partial charge < -0.3 is 20.1 Å². The third-order valence-corrected chi connectivity index (χ3v) is 3.09. The minimum atomic E-state index is 0.0658. The second-order valence-corrected chi connectivity index (χ2v) is 4.60. The Balaban J connectivity index is 2.59. The van der Waals surface area contributed by atoms with Gasteiger partial charge in [-0.15, -0.1) is 0 Å². The number of nitrogens with two attached hydrogens (primary N) is 1. The van der Waals surface area contributed by atoms with Crippen LogP contribution in [-0.4, -0.2) is 51.3 Å². The lowest BCUT2D eigenvalue weighted by atomic mass is 10.1. The van der Waals surface area contributed by atoms with Crippen LogP contribution in [0, 0.1) is 0 Å². The van der Waals surface area contributed by atoms with Crippen LogP contribution in [0.2, 0.25) is 0 Å². The maximum Gasteiger partial charge on any atom is 0.227 e. The summed E-state index contributed by atoms with van der Waals surface area (Å²) < 4.78 is 10.1. The molecule has 0 spiro atoms. The number of nitrogens with zero attached hydrogens (tertiary/aromatic N) is 1. The molecule has 0 bridgehead atoms. The fourth-order valence-corrected chi connectivity index (χ4v) is 1.93. The van der Waals surface area contributed by atoms with Crippen LogP contribution in [0.15, 0.2) is 24.3 Å². The molecule has 0 atom stereocenters. The highest BCUT2D eigenvalue weighted by Gasteiger charge is 2.14. The summed E-state index contributed by atoms with van der Waals surface area (Å²) in [6.07, 6.45) is 1.14. The molecule has 0 unspecified atom stereocenters. The third-order valence-electron chi connectivity index (χ3n) is 3.09. The molecule has 1 aromatic carbocycles. The number of benzene rings is 1. The highest BCUT2D eigenvalue weighted by Crippen LogP contribution is 2.12. The van der Waals surface area contributed by atoms with E-state index in [-0.39, 0.29) is 5.91 Å². The monoisotopic (exact) mass is 280 g/mol. The Morgan fingerprint density at radius 2 is 1.85 bits per heavy atom. The molecule has 0 aliphatic rings. The number of hydrogen-bond donors (Lipinski definition) is 1. The number of nitrogen functional groups attached to an aromatic ring is 1. The zero-order valence-electron chi connectivity index (χ0n) is 12.3. The summed E-state index contributed by atoms with van der Waals surface area (Å²) in [5, 5.41) is 0. The smallest absolute Gasteiger partial charge is 0.227 e. The van der Waals surface area contributed by atoms with Crippen molar-refractivity contribution in [1.29, 1.82) is 0 Å². The van der Waals surface area contributed by atoms with Crippen molar-refractivity contribution in [1.82, 2.24) is 4.90 Å². The molecule has 0 fully saturated rings. The van der Waals surface area contributed by atoms with E-state index in [0.717, 1.165) is 12.0 Å². The van der Waals surface area contributed by atoms with Crippen molar-refractivity contribution in [2.45, 2.75) is 12.8 Å². The van der Waals surface area contributed by atoms with Gasteiger partial charge in [0, 0.05) is 39.6 Å². The molecule has 0 aliphatic carbocycles. The van der Waals surface area contributed by atoms with Crippen LogP contribution in [0.3, 0.4) is 0 Å². The Kier molecular flexibility index (Phi) is 7.69. The second kappa shape index (κ2) is 9.34. The van der Waals surface area contributed by atoms with E-state index in [1.807, 2.05) is 24.3 Å². The molecule has 0 aromatic heterocycles. The predicted molar refractivity (Wildman–Crippen MR) is 79.5 cm³/mol. The maximum atomic E-state index is 12.3. The van der Waals surface area contributed by atoms with E-state index in [9.17, 15) is 4.79 Å². The molecule has 1 rings (SSSR count). The average Bonchev–Trinajstić information content (AvgIpc) is 2.45. The van der Waals surface area contributed by atoms with Crippen LogP contribution in [-0.2, 0) is 20.7 Å². The van der Waals surface area contributed by atoms with Gasteiger partial charge in [0.15, 0.2) is 0 Å². The minimum absolute atomic E-state index is 0.0658. The van der Waals surface area contributed by atoms with Gasteiger partial charge in [-0.3, -0.25) is 4.79 Å². The van der Waals surface area contributed by atoms with Crippen LogP contribution in [0.1, 0.15) is 12.0 Å². The number of methoxy groups -OCH3 is 2. The zero-order chi connectivity index (χ0) is 14.8. The van der Waals surface area contributed by atoms with E-state index in [2.05, 4.69) is 0 Å². The maximum absolute atomic E-state index is 12.3. The van der Waals surface area contributed by atoms with Crippen molar-refractivity contribution in [3.8, 4) is 0 Å². The van der Waals surface area contributed by atoms with E-state index in [0.29, 0.717) is 38.4 Å². The van der Waals surface area contributed by atoms with Crippen LogP contribution in [0.5, 0.6) is 0 Å². The first kappa shape index (κ1) is 16.5. The number of hydrogen-bond acceptors (Lipinski definition) is 4. The first-order valence-electron chi connectivity index (χ1n) is 6.78. The largest absolute Gasteiger partial charge is 0.398 e. The van der Waals surface area contributed by atoms with Gasteiger partial charge in [0.1, 0.15) is 0 Å². The van der Waals surface area contributed by atoms with Crippen molar-refractivity contribution >= 4 is 11.6 Å². The lowest BCUT2D eigenvalue weighted by Gasteiger charge is -2.22. The highest BCUT2D eigenvalue weighted by molar-refractivity contribution is 5.80. The summed E-state index contributed by atoms with van der Waals surface area (Å²) >= 11 is 0. The van der Waals surface area contributed by atoms with Crippen LogP contribution in [0.4, 0.5) is 5.69 Å². The lowest BCUT2D eigenvalue weighted by Crippen LogP contribution is -2.36. The number of carbonyl (C=O) groups excluding carboxylic acids is 1. The molecule has 5 heteroatoms. The highest BCUT2D eigenvalue weighted by atomic mass is 16.5. The quantitative estimate of drug-likeness (QED) is 0.547. The molecular formula is C15H24N2O3. The first-order valence-corrected chi connectivity index (χ1v) is 6.78. The van der Waals surface area contributed by atoms with Gasteiger partial charge in [-0.2, -0.15) is 0 Å². The Morgan fingerprint density at radius 1 is 1.15 bits per heavy atom. The predicted octanol–water partition coefficient (Wildman–Crippen LogP) is 1.32. The van der Waals surface area contributed by atoms with E-state index in [4.69, 9.17) is 15.2 Å². The van der Waals surface area contributed by atoms with Gasteiger partial charge >= 0.3 is 0 Å². The van der Waals surface area contributed by atoms with Gasteiger partial charge in [-0.1, -0.05) is 18.2 Å². The van der Waals surface area contributed by atoms with Crippen molar-refractivity contribution in [2.75, 3.05) is 46.3 Å². The molecule has 20 heavy (non-hydrogen) atoms. The van der Waals surface area contributed by atoms with Crippen molar-refractivity contribution < 1.29 is 14.3 Å². The molecule has 1 amide bonds. The van der Waals surface area contributed by atoms with Gasteiger partial charge in [0.05, 0.1) is 13.0 Å². The molecule has 5 nitrogen and oxygen atoms in total. The zero-order valence-corrected chi connectivity index (χ0v) is 12.3. The number of amides is 1. The molecular weight excluding hydrogens is 256 g/mol. The Morgan fingerprint density at radius 3 is 2.50 bits per heavy atom. The number of para-hydroxylation sites is 1. The van der Waals surface area contributed by atoms with Crippen molar-refractivity contribution in [2.24, 2.45) is 0 Å². The Hall–Kier alpha value is -1.59. The minimum Gasteiger partial charge on any atom is -0.398 e. The number of rotatable bonds is 9. The van der Waals surface area contributed by atoms with E-state index in [1.54, 1.807) is 19.1 Å². The summed E-state index contributed by atoms with van der Waals surface area (Å²) in [6, 6.07) is 7.46. The van der Waals surface area contributed by atoms with Crippen LogP contribution < -0.4 is 5.73 Å². The SMILES string of the molecule is COCCCN(CCOC)C(=O)Cc1ccccc1N. The molecule has 112 valence electrons. The van der Waals surface area contributed by atoms with E-state index < -0.39 is 0 Å². The van der Waals surface area contributed by atoms with Gasteiger partial charge in [-0.25, -0.2) is 0 Å². The number of anilines is 1. The Bertz CT molecular complexity index is 410. The van der Waals surface area contributed by atoms with Gasteiger partial charge in [0.2, 0.25) is 5.91 Å². The Labute approximate surface area is 120 Å². The number of ether oxygens (including phenoxy) is 2. The summed E-state index contributed by atoms with van der Waals surface area (Å²) in [7, 11) is 3.29. The standard InChI is InChI=1S/C15H24N2O3/c1-19-10-5-8-17(9-11-20-2)15(18)12-13-6-3-4-7-14(13)16/h3-4,6-7H,5,8-12,16H2,1-2H3. The summed E-state index contributed by atoms with van der Waals surface area (Å²) in [5.74, 6) is 0.0658. The molecule has 1 aromatic rings. The second-order valence-electron chi connectivity index (χ2n) is 4.60. The van der Waals surface area contributed by atoms with Crippen LogP contribution in [0.25, 0.3) is 0 Å². The van der Waals surface area contributed by atoms with Gasteiger partial charge in [0.25, 0.3) is 0 Å². The molecule has 2 N–H and O–H groups in total. The van der Waals surface area contributed by atoms with E-state index in [1.165, 1.54) is 0 Å². The molecule has 0 aliphatic heterocycles. The van der Waals surface area contributed by atoms with Crippen LogP contribution >= 0.6 is 0 Å². The van der Waals surface area contributed by atoms with Crippen molar-refractivity contribution in [3.05, 3.63) is 29.8 Å². The topological polar surface area (TPSA) is 64.8 Å². The lowest BCUT2D eigenvalue weighted by molar-refractivity contribution is -0.131. The molecule has 0 saturated heterocycles. The normalized spacial score (nSPS) is 10.5. The summed E-state index contributed by atoms with van der Waals surface area (Å²) in [6.45, 7) is 2.43. The molecule has 0 saturated carbocycles. The van der Waals surface area contributed by atoms with E-state index >= 15 is 0 Å². The number of carbonyl (C=O) groups is 1. The van der Waals surface area contributed by atoms with Crippen molar-refractivity contribution in [3.63, 3.8) is 0 Å². The first-order chi connectivity index (χ1) is 9.69. The molecule has 0 heterocycles. The third kappa shape index (κ3) is 5.59. The average molecular weight is 280 g/mol. The fourth-order valence-electron chi connectivity index (χ4n) is 1.93. The van der Waals surface area contributed by atoms with Gasteiger partial charge in [-0.05, 0) is 18.1 Å². The fraction of sp³-hybridized carbons (Fsp3) is 0.533. The summed E-state index contributed by atoms with van der Waals surface area (Å²) in [5.41, 5.74) is 7.40.